The Labute approximate surface area is 91.8 Å². The third-order valence-corrected chi connectivity index (χ3v) is 3.49. The van der Waals surface area contributed by atoms with Gasteiger partial charge in [0.05, 0.1) is 19.1 Å². The predicted molar refractivity (Wildman–Crippen MR) is 58.4 cm³/mol. The Kier molecular flexibility index (Phi) is 5.09. The zero-order valence-corrected chi connectivity index (χ0v) is 9.74. The number of carbonyl (C=O) groups excluding carboxylic acids is 1. The first-order chi connectivity index (χ1) is 7.20. The zero-order valence-electron chi connectivity index (χ0n) is 9.74. The van der Waals surface area contributed by atoms with Crippen LogP contribution in [0.4, 0.5) is 0 Å². The van der Waals surface area contributed by atoms with Gasteiger partial charge in [0.1, 0.15) is 0 Å². The van der Waals surface area contributed by atoms with Crippen LogP contribution in [0, 0.1) is 11.8 Å². The summed E-state index contributed by atoms with van der Waals surface area (Å²) in [4.78, 5) is 11.4. The van der Waals surface area contributed by atoms with E-state index in [9.17, 15) is 9.90 Å². The van der Waals surface area contributed by atoms with Crippen LogP contribution in [0.15, 0.2) is 0 Å². The van der Waals surface area contributed by atoms with E-state index in [1.54, 1.807) is 0 Å². The van der Waals surface area contributed by atoms with E-state index in [1.165, 1.54) is 26.4 Å². The molecule has 1 aliphatic rings. The summed E-state index contributed by atoms with van der Waals surface area (Å²) < 4.78 is 4.72. The van der Waals surface area contributed by atoms with Gasteiger partial charge < -0.3 is 9.84 Å². The molecule has 0 aliphatic heterocycles. The molecule has 1 rings (SSSR count). The Balaban J connectivity index is 2.54. The van der Waals surface area contributed by atoms with Crippen molar-refractivity contribution in [2.45, 2.75) is 51.6 Å². The summed E-state index contributed by atoms with van der Waals surface area (Å²) in [6.45, 7) is 1.92. The van der Waals surface area contributed by atoms with Crippen molar-refractivity contribution in [3.8, 4) is 0 Å². The van der Waals surface area contributed by atoms with E-state index in [-0.39, 0.29) is 11.9 Å². The maximum atomic E-state index is 11.4. The van der Waals surface area contributed by atoms with Gasteiger partial charge in [-0.2, -0.15) is 0 Å². The third-order valence-electron chi connectivity index (χ3n) is 3.49. The van der Waals surface area contributed by atoms with E-state index in [4.69, 9.17) is 4.74 Å². The third kappa shape index (κ3) is 3.20. The molecule has 0 aromatic carbocycles. The molecule has 0 heterocycles. The number of esters is 1. The molecule has 1 fully saturated rings. The Morgan fingerprint density at radius 3 is 2.47 bits per heavy atom. The van der Waals surface area contributed by atoms with E-state index >= 15 is 0 Å². The molecule has 88 valence electrons. The highest BCUT2D eigenvalue weighted by Crippen LogP contribution is 2.30. The van der Waals surface area contributed by atoms with E-state index in [1.807, 2.05) is 6.92 Å². The van der Waals surface area contributed by atoms with Gasteiger partial charge in [-0.25, -0.2) is 0 Å². The fraction of sp³-hybridized carbons (Fsp3) is 0.917. The molecule has 15 heavy (non-hydrogen) atoms. The van der Waals surface area contributed by atoms with Crippen LogP contribution in [-0.2, 0) is 9.53 Å². The number of hydrogen-bond acceptors (Lipinski definition) is 3. The largest absolute Gasteiger partial charge is 0.469 e. The number of aliphatic hydroxyl groups excluding tert-OH is 1. The Morgan fingerprint density at radius 1 is 1.40 bits per heavy atom. The smallest absolute Gasteiger partial charge is 0.311 e. The molecule has 0 saturated heterocycles. The molecule has 3 heteroatoms. The number of ether oxygens (including phenoxy) is 1. The fourth-order valence-electron chi connectivity index (χ4n) is 2.50. The molecule has 0 radical (unpaired) electrons. The van der Waals surface area contributed by atoms with Crippen molar-refractivity contribution in [3.05, 3.63) is 0 Å². The van der Waals surface area contributed by atoms with Crippen molar-refractivity contribution in [3.63, 3.8) is 0 Å². The van der Waals surface area contributed by atoms with Crippen molar-refractivity contribution in [2.24, 2.45) is 11.8 Å². The minimum absolute atomic E-state index is 0.268. The van der Waals surface area contributed by atoms with Gasteiger partial charge in [0, 0.05) is 0 Å². The maximum Gasteiger partial charge on any atom is 0.311 e. The molecule has 3 nitrogen and oxygen atoms in total. The minimum Gasteiger partial charge on any atom is -0.469 e. The lowest BCUT2D eigenvalue weighted by Crippen LogP contribution is -2.35. The molecule has 1 saturated carbocycles. The Bertz CT molecular complexity index is 197. The monoisotopic (exact) mass is 214 g/mol. The molecule has 0 spiro atoms. The standard InChI is InChI=1S/C12H22O3/c1-3-10(12(14)15-2)11(13)9-7-5-4-6-8-9/h9-11,13H,3-8H2,1-2H3. The highest BCUT2D eigenvalue weighted by atomic mass is 16.5. The first-order valence-corrected chi connectivity index (χ1v) is 5.96. The molecule has 0 bridgehead atoms. The summed E-state index contributed by atoms with van der Waals surface area (Å²) >= 11 is 0. The number of methoxy groups -OCH3 is 1. The second-order valence-electron chi connectivity index (χ2n) is 4.43. The fourth-order valence-corrected chi connectivity index (χ4v) is 2.50. The molecular weight excluding hydrogens is 192 g/mol. The number of hydrogen-bond donors (Lipinski definition) is 1. The van der Waals surface area contributed by atoms with Crippen molar-refractivity contribution >= 4 is 5.97 Å². The van der Waals surface area contributed by atoms with Gasteiger partial charge in [-0.15, -0.1) is 0 Å². The van der Waals surface area contributed by atoms with Gasteiger partial charge in [0.25, 0.3) is 0 Å². The van der Waals surface area contributed by atoms with Crippen molar-refractivity contribution in [1.29, 1.82) is 0 Å². The van der Waals surface area contributed by atoms with E-state index < -0.39 is 6.10 Å². The van der Waals surface area contributed by atoms with Crippen LogP contribution in [0.1, 0.15) is 45.4 Å². The molecule has 2 atom stereocenters. The number of aliphatic hydroxyl groups is 1. The van der Waals surface area contributed by atoms with Gasteiger partial charge in [-0.3, -0.25) is 4.79 Å². The first-order valence-electron chi connectivity index (χ1n) is 5.96. The summed E-state index contributed by atoms with van der Waals surface area (Å²) in [7, 11) is 1.39. The summed E-state index contributed by atoms with van der Waals surface area (Å²) in [5.41, 5.74) is 0. The molecule has 0 aromatic rings. The van der Waals surface area contributed by atoms with Crippen LogP contribution in [0.2, 0.25) is 0 Å². The lowest BCUT2D eigenvalue weighted by molar-refractivity contribution is -0.151. The van der Waals surface area contributed by atoms with Crippen LogP contribution in [0.3, 0.4) is 0 Å². The van der Waals surface area contributed by atoms with Crippen LogP contribution < -0.4 is 0 Å². The Morgan fingerprint density at radius 2 is 2.00 bits per heavy atom. The van der Waals surface area contributed by atoms with Crippen LogP contribution in [-0.4, -0.2) is 24.3 Å². The maximum absolute atomic E-state index is 11.4. The van der Waals surface area contributed by atoms with E-state index in [2.05, 4.69) is 0 Å². The van der Waals surface area contributed by atoms with Gasteiger partial charge in [-0.05, 0) is 25.2 Å². The van der Waals surface area contributed by atoms with Crippen LogP contribution >= 0.6 is 0 Å². The number of rotatable bonds is 4. The second-order valence-corrected chi connectivity index (χ2v) is 4.43. The number of carbonyl (C=O) groups is 1. The quantitative estimate of drug-likeness (QED) is 0.729. The topological polar surface area (TPSA) is 46.5 Å². The van der Waals surface area contributed by atoms with Crippen LogP contribution in [0.25, 0.3) is 0 Å². The molecule has 0 amide bonds. The van der Waals surface area contributed by atoms with E-state index in [0.717, 1.165) is 12.8 Å². The van der Waals surface area contributed by atoms with Crippen LogP contribution in [0.5, 0.6) is 0 Å². The SMILES string of the molecule is CCC(C(=O)OC)C(O)C1CCCCC1. The van der Waals surface area contributed by atoms with Crippen molar-refractivity contribution in [2.75, 3.05) is 7.11 Å². The average molecular weight is 214 g/mol. The molecule has 1 aliphatic carbocycles. The minimum atomic E-state index is -0.511. The zero-order chi connectivity index (χ0) is 11.3. The Hall–Kier alpha value is -0.570. The normalized spacial score (nSPS) is 22.1. The lowest BCUT2D eigenvalue weighted by atomic mass is 9.79. The summed E-state index contributed by atoms with van der Waals surface area (Å²) in [5, 5.41) is 10.1. The summed E-state index contributed by atoms with van der Waals surface area (Å²) in [6, 6.07) is 0. The molecule has 0 aromatic heterocycles. The average Bonchev–Trinajstić information content (AvgIpc) is 2.30. The molecule has 2 unspecified atom stereocenters. The highest BCUT2D eigenvalue weighted by molar-refractivity contribution is 5.72. The first kappa shape index (κ1) is 12.5. The van der Waals surface area contributed by atoms with Gasteiger partial charge in [-0.1, -0.05) is 26.2 Å². The van der Waals surface area contributed by atoms with Gasteiger partial charge in [0.15, 0.2) is 0 Å². The molecule has 1 N–H and O–H groups in total. The van der Waals surface area contributed by atoms with Gasteiger partial charge >= 0.3 is 5.97 Å². The summed E-state index contributed by atoms with van der Waals surface area (Å²) in [6.07, 6.45) is 5.87. The van der Waals surface area contributed by atoms with Gasteiger partial charge in [0.2, 0.25) is 0 Å². The van der Waals surface area contributed by atoms with E-state index in [0.29, 0.717) is 12.3 Å². The lowest BCUT2D eigenvalue weighted by Gasteiger charge is -2.30. The summed E-state index contributed by atoms with van der Waals surface area (Å²) in [5.74, 6) is -0.309. The van der Waals surface area contributed by atoms with Crippen molar-refractivity contribution < 1.29 is 14.6 Å². The predicted octanol–water partition coefficient (Wildman–Crippen LogP) is 2.13. The second kappa shape index (κ2) is 6.11. The van der Waals surface area contributed by atoms with Crippen molar-refractivity contribution in [1.82, 2.24) is 0 Å². The molecular formula is C12H22O3. The highest BCUT2D eigenvalue weighted by Gasteiger charge is 2.32.